The van der Waals surface area contributed by atoms with Crippen LogP contribution >= 0.6 is 23.2 Å². The van der Waals surface area contributed by atoms with Gasteiger partial charge in [-0.3, -0.25) is 39.0 Å². The van der Waals surface area contributed by atoms with Crippen molar-refractivity contribution in [2.45, 2.75) is 128 Å². The first-order valence-electron chi connectivity index (χ1n) is 25.8. The lowest BCUT2D eigenvalue weighted by atomic mass is 9.88. The Morgan fingerprint density at radius 1 is 0.811 bits per heavy atom. The highest BCUT2D eigenvalue weighted by molar-refractivity contribution is 6.37. The summed E-state index contributed by atoms with van der Waals surface area (Å²) in [7, 11) is 0. The molecule has 0 aromatic heterocycles. The fourth-order valence-corrected chi connectivity index (χ4v) is 11.3. The number of carbonyl (C=O) groups excluding carboxylic acids is 6. The minimum absolute atomic E-state index is 0.0973. The fourth-order valence-electron chi connectivity index (χ4n) is 10.7. The molecular weight excluding hydrogens is 991 g/mol. The number of imide groups is 2. The number of nitrogens with one attached hydrogen (secondary N) is 1. The molecule has 1 saturated carbocycles. The molecule has 1 aliphatic carbocycles. The first-order valence-corrected chi connectivity index (χ1v) is 26.6. The maximum Gasteiger partial charge on any atom is 0.264 e. The van der Waals surface area contributed by atoms with Crippen LogP contribution in [0, 0.1) is 11.7 Å². The van der Waals surface area contributed by atoms with Crippen molar-refractivity contribution in [2.24, 2.45) is 17.4 Å². The van der Waals surface area contributed by atoms with Gasteiger partial charge >= 0.3 is 0 Å². The molecule has 9 rings (SSSR count). The number of ether oxygens (including phenoxy) is 1. The topological polar surface area (TPSA) is 226 Å². The molecule has 0 radical (unpaired) electrons. The number of piperidine rings is 3. The van der Waals surface area contributed by atoms with Crippen molar-refractivity contribution in [3.63, 3.8) is 0 Å². The van der Waals surface area contributed by atoms with Gasteiger partial charge in [0, 0.05) is 67.1 Å². The van der Waals surface area contributed by atoms with E-state index in [2.05, 4.69) is 17.1 Å². The van der Waals surface area contributed by atoms with Crippen LogP contribution in [0.2, 0.25) is 10.0 Å². The SMILES string of the molecule is CCC[C@@H](C)O.NCC(c1ccccc1)c1cc(-c2c(C(N)=O)ccc(O)c2F)c(Cl)cc1Cl.O=C1CCC(N2C(=O)c3cccc(N4CCC(OC5CCN(C(=O)C6CCCCC6)CC5)CC4)c3C2=O)C(=O)N1. The van der Waals surface area contributed by atoms with E-state index in [-0.39, 0.29) is 77.2 Å². The van der Waals surface area contributed by atoms with E-state index in [9.17, 15) is 38.3 Å². The maximum atomic E-state index is 14.8. The van der Waals surface area contributed by atoms with E-state index in [1.165, 1.54) is 31.4 Å². The minimum atomic E-state index is -0.990. The highest BCUT2D eigenvalue weighted by Gasteiger charge is 2.46. The number of likely N-dealkylation sites (tertiary alicyclic amines) is 1. The van der Waals surface area contributed by atoms with Crippen LogP contribution < -0.4 is 21.7 Å². The Morgan fingerprint density at radius 3 is 2.07 bits per heavy atom. The highest BCUT2D eigenvalue weighted by atomic mass is 35.5. The maximum absolute atomic E-state index is 14.8. The third-order valence-corrected chi connectivity index (χ3v) is 15.2. The highest BCUT2D eigenvalue weighted by Crippen LogP contribution is 2.42. The summed E-state index contributed by atoms with van der Waals surface area (Å²) in [6.45, 7) is 7.05. The number of aromatic hydroxyl groups is 1. The molecule has 74 heavy (non-hydrogen) atoms. The Balaban J connectivity index is 0.000000205. The second-order valence-corrected chi connectivity index (χ2v) is 20.5. The molecule has 0 spiro atoms. The van der Waals surface area contributed by atoms with Crippen molar-refractivity contribution < 1.29 is 48.1 Å². The number of anilines is 1. The Morgan fingerprint density at radius 2 is 1.47 bits per heavy atom. The van der Waals surface area contributed by atoms with Crippen LogP contribution in [0.25, 0.3) is 11.1 Å². The Hall–Kier alpha value is -5.91. The first kappa shape index (κ1) is 55.8. The van der Waals surface area contributed by atoms with Gasteiger partial charge in [0.15, 0.2) is 11.6 Å². The number of aliphatic hydroxyl groups is 1. The molecule has 4 fully saturated rings. The van der Waals surface area contributed by atoms with Gasteiger partial charge in [-0.25, -0.2) is 4.39 Å². The van der Waals surface area contributed by atoms with Crippen LogP contribution in [0.1, 0.15) is 145 Å². The molecule has 4 heterocycles. The number of hydrogen-bond acceptors (Lipinski definition) is 11. The molecule has 7 N–H and O–H groups in total. The van der Waals surface area contributed by atoms with Gasteiger partial charge in [0.25, 0.3) is 11.8 Å². The van der Waals surface area contributed by atoms with Crippen LogP contribution in [0.3, 0.4) is 0 Å². The summed E-state index contributed by atoms with van der Waals surface area (Å²) >= 11 is 12.7. The predicted molar refractivity (Wildman–Crippen MR) is 282 cm³/mol. The molecule has 6 amide bonds. The lowest BCUT2D eigenvalue weighted by Crippen LogP contribution is -2.54. The zero-order valence-electron chi connectivity index (χ0n) is 42.0. The summed E-state index contributed by atoms with van der Waals surface area (Å²) in [6.07, 6.45) is 11.5. The van der Waals surface area contributed by atoms with Gasteiger partial charge in [0.2, 0.25) is 23.6 Å². The van der Waals surface area contributed by atoms with E-state index >= 15 is 0 Å². The predicted octanol–water partition coefficient (Wildman–Crippen LogP) is 8.51. The number of phenols is 1. The second-order valence-electron chi connectivity index (χ2n) is 19.7. The summed E-state index contributed by atoms with van der Waals surface area (Å²) in [4.78, 5) is 80.5. The van der Waals surface area contributed by atoms with Gasteiger partial charge in [-0.2, -0.15) is 0 Å². The number of nitrogens with zero attached hydrogens (tertiary/aromatic N) is 3. The van der Waals surface area contributed by atoms with E-state index < -0.39 is 41.2 Å². The van der Waals surface area contributed by atoms with Crippen LogP contribution in [-0.4, -0.2) is 113 Å². The molecule has 2 unspecified atom stereocenters. The molecule has 396 valence electrons. The van der Waals surface area contributed by atoms with Gasteiger partial charge in [-0.05, 0) is 106 Å². The number of amides is 6. The van der Waals surface area contributed by atoms with Gasteiger partial charge in [-0.15, -0.1) is 0 Å². The molecule has 15 nitrogen and oxygen atoms in total. The lowest BCUT2D eigenvalue weighted by molar-refractivity contribution is -0.140. The number of rotatable bonds is 12. The Bertz CT molecular complexity index is 2690. The average molecular weight is 1060 g/mol. The molecule has 3 atom stereocenters. The van der Waals surface area contributed by atoms with Gasteiger partial charge < -0.3 is 36.2 Å². The molecular formula is C56H67Cl2FN6O9. The van der Waals surface area contributed by atoms with E-state index in [0.29, 0.717) is 46.4 Å². The van der Waals surface area contributed by atoms with Gasteiger partial charge in [-0.1, -0.05) is 92.2 Å². The summed E-state index contributed by atoms with van der Waals surface area (Å²) in [6, 6.07) is 19.1. The van der Waals surface area contributed by atoms with Crippen LogP contribution in [0.4, 0.5) is 10.1 Å². The largest absolute Gasteiger partial charge is 0.505 e. The fraction of sp³-hybridized carbons (Fsp3) is 0.464. The number of carbonyl (C=O) groups is 6. The number of phenolic OH excluding ortho intramolecular Hbond substituents is 1. The van der Waals surface area contributed by atoms with Crippen LogP contribution in [0.15, 0.2) is 72.8 Å². The van der Waals surface area contributed by atoms with E-state index in [1.54, 1.807) is 18.2 Å². The van der Waals surface area contributed by atoms with Gasteiger partial charge in [0.05, 0.1) is 45.7 Å². The number of nitrogens with two attached hydrogens (primary N) is 2. The number of halogens is 3. The third-order valence-electron chi connectivity index (χ3n) is 14.6. The molecule has 5 aliphatic rings. The van der Waals surface area contributed by atoms with Crippen molar-refractivity contribution in [3.8, 4) is 16.9 Å². The molecule has 4 aromatic rings. The van der Waals surface area contributed by atoms with E-state index in [0.717, 1.165) is 81.0 Å². The normalized spacial score (nSPS) is 19.4. The molecule has 4 aromatic carbocycles. The van der Waals surface area contributed by atoms with Gasteiger partial charge in [0.1, 0.15) is 6.04 Å². The number of aliphatic hydroxyl groups excluding tert-OH is 1. The summed E-state index contributed by atoms with van der Waals surface area (Å²) < 4.78 is 21.2. The molecule has 3 saturated heterocycles. The number of hydrogen-bond donors (Lipinski definition) is 5. The van der Waals surface area contributed by atoms with Crippen molar-refractivity contribution in [1.29, 1.82) is 0 Å². The quantitative estimate of drug-likeness (QED) is 0.0846. The van der Waals surface area contributed by atoms with Crippen molar-refractivity contribution in [1.82, 2.24) is 15.1 Å². The van der Waals surface area contributed by atoms with E-state index in [1.807, 2.05) is 48.2 Å². The van der Waals surface area contributed by atoms with Crippen molar-refractivity contribution in [3.05, 3.63) is 116 Å². The smallest absolute Gasteiger partial charge is 0.264 e. The molecule has 0 bridgehead atoms. The minimum Gasteiger partial charge on any atom is -0.505 e. The van der Waals surface area contributed by atoms with Crippen molar-refractivity contribution >= 4 is 64.3 Å². The standard InChI is InChI=1S/C30H38N4O6.C21H17Cl2FN2O2.C5H12O/c35-25-10-9-24(27(36)31-25)34-29(38)22-7-4-8-23(26(22)30(34)39)32-15-11-20(12-16-32)40-21-13-17-33(18-14-21)28(37)19-5-2-1-3-6-19;22-16-9-17(23)14(19-12(21(26)28)6-7-18(27)20(19)24)8-13(16)15(10-25)11-4-2-1-3-5-11;1-3-4-5(2)6/h4,7-8,19-21,24H,1-3,5-6,9-18H2,(H,31,35,36);1-9,15,27H,10,25H2,(H2,26,28);5-6H,3-4H2,1-2H3/t;;5-/m..1/s1. The number of fused-ring (bicyclic) bond motifs is 1. The van der Waals surface area contributed by atoms with Crippen LogP contribution in [0.5, 0.6) is 5.75 Å². The summed E-state index contributed by atoms with van der Waals surface area (Å²) in [5.41, 5.74) is 14.2. The van der Waals surface area contributed by atoms with Crippen molar-refractivity contribution in [2.75, 3.05) is 37.6 Å². The summed E-state index contributed by atoms with van der Waals surface area (Å²) in [5.74, 6) is -4.12. The Labute approximate surface area is 441 Å². The zero-order valence-corrected chi connectivity index (χ0v) is 43.5. The zero-order chi connectivity index (χ0) is 53.2. The second kappa shape index (κ2) is 25.6. The molecule has 4 aliphatic heterocycles. The number of benzene rings is 4. The third kappa shape index (κ3) is 12.9. The number of primary amides is 1. The summed E-state index contributed by atoms with van der Waals surface area (Å²) in [5, 5.41) is 21.1. The monoisotopic (exact) mass is 1060 g/mol. The first-order chi connectivity index (χ1) is 35.5. The van der Waals surface area contributed by atoms with E-state index in [4.69, 9.17) is 44.5 Å². The van der Waals surface area contributed by atoms with Crippen LogP contribution in [-0.2, 0) is 19.1 Å². The Kier molecular flexibility index (Phi) is 19.3. The lowest BCUT2D eigenvalue weighted by Gasteiger charge is -2.39. The molecule has 18 heteroatoms. The average Bonchev–Trinajstić information content (AvgIpc) is 3.65.